The predicted molar refractivity (Wildman–Crippen MR) is 137 cm³/mol. The Labute approximate surface area is 228 Å². The van der Waals surface area contributed by atoms with Crippen LogP contribution in [0.4, 0.5) is 22.0 Å². The molecule has 4 heterocycles. The first-order valence-corrected chi connectivity index (χ1v) is 13.5. The summed E-state index contributed by atoms with van der Waals surface area (Å²) in [5.74, 6) is -2.83. The standard InChI is InChI=1S/C27H22F5N5O2S/c28-16-4-3-5-17(29)24(16)22-12-19(35-39-22)20-14-40-25(33-20)15-8-10-36(11-9-15)23(38)13-37-21-7-2-1-6-18(21)34-26(37)27(30,31)32/h1-7,14-15,22H,8-13H2. The Balaban J connectivity index is 1.09. The van der Waals surface area contributed by atoms with Crippen LogP contribution < -0.4 is 0 Å². The van der Waals surface area contributed by atoms with Gasteiger partial charge in [0, 0.05) is 30.8 Å². The number of benzene rings is 2. The maximum absolute atomic E-state index is 14.1. The Morgan fingerprint density at radius 1 is 1.02 bits per heavy atom. The summed E-state index contributed by atoms with van der Waals surface area (Å²) in [6, 6.07) is 9.85. The summed E-state index contributed by atoms with van der Waals surface area (Å²) in [5, 5.41) is 6.66. The highest BCUT2D eigenvalue weighted by atomic mass is 32.1. The first-order chi connectivity index (χ1) is 19.2. The molecule has 0 bridgehead atoms. The van der Waals surface area contributed by atoms with E-state index in [0.29, 0.717) is 37.3 Å². The molecule has 0 radical (unpaired) electrons. The fourth-order valence-corrected chi connectivity index (χ4v) is 6.17. The van der Waals surface area contributed by atoms with Crippen molar-refractivity contribution in [3.8, 4) is 0 Å². The molecule has 0 aliphatic carbocycles. The minimum absolute atomic E-state index is 0.0605. The van der Waals surface area contributed by atoms with Gasteiger partial charge in [0.2, 0.25) is 11.7 Å². The summed E-state index contributed by atoms with van der Waals surface area (Å²) in [5.41, 5.74) is 1.34. The third-order valence-electron chi connectivity index (χ3n) is 7.21. The zero-order valence-electron chi connectivity index (χ0n) is 20.9. The van der Waals surface area contributed by atoms with Gasteiger partial charge >= 0.3 is 6.18 Å². The van der Waals surface area contributed by atoms with Crippen molar-refractivity contribution in [1.29, 1.82) is 0 Å². The molecule has 2 aromatic heterocycles. The lowest BCUT2D eigenvalue weighted by Crippen LogP contribution is -2.40. The second-order valence-electron chi connectivity index (χ2n) is 9.71. The van der Waals surface area contributed by atoms with Crippen molar-refractivity contribution in [2.24, 2.45) is 5.16 Å². The number of rotatable bonds is 5. The molecule has 2 aliphatic rings. The molecule has 2 aromatic carbocycles. The van der Waals surface area contributed by atoms with E-state index in [-0.39, 0.29) is 28.9 Å². The number of amides is 1. The van der Waals surface area contributed by atoms with Crippen LogP contribution in [-0.2, 0) is 22.4 Å². The number of carbonyl (C=O) groups excluding carboxylic acids is 1. The number of hydrogen-bond acceptors (Lipinski definition) is 6. The van der Waals surface area contributed by atoms with Crippen LogP contribution in [0, 0.1) is 11.6 Å². The molecule has 1 atom stereocenters. The van der Waals surface area contributed by atoms with Crippen LogP contribution in [0.25, 0.3) is 11.0 Å². The van der Waals surface area contributed by atoms with Gasteiger partial charge < -0.3 is 14.3 Å². The van der Waals surface area contributed by atoms with Crippen LogP contribution in [-0.4, -0.2) is 44.1 Å². The Hall–Kier alpha value is -3.87. The average Bonchev–Trinajstić information content (AvgIpc) is 3.68. The van der Waals surface area contributed by atoms with Gasteiger partial charge in [0.05, 0.1) is 27.3 Å². The van der Waals surface area contributed by atoms with Gasteiger partial charge in [-0.3, -0.25) is 4.79 Å². The average molecular weight is 576 g/mol. The summed E-state index contributed by atoms with van der Waals surface area (Å²) < 4.78 is 70.1. The smallest absolute Gasteiger partial charge is 0.387 e. The molecule has 13 heteroatoms. The fraction of sp³-hybridized carbons (Fsp3) is 0.333. The highest BCUT2D eigenvalue weighted by molar-refractivity contribution is 7.10. The molecule has 208 valence electrons. The quantitative estimate of drug-likeness (QED) is 0.271. The summed E-state index contributed by atoms with van der Waals surface area (Å²) in [7, 11) is 0. The molecular weight excluding hydrogens is 553 g/mol. The molecule has 0 spiro atoms. The molecule has 1 fully saturated rings. The lowest BCUT2D eigenvalue weighted by molar-refractivity contribution is -0.148. The first kappa shape index (κ1) is 26.4. The monoisotopic (exact) mass is 575 g/mol. The number of halogens is 5. The van der Waals surface area contributed by atoms with Gasteiger partial charge in [0.1, 0.15) is 23.9 Å². The predicted octanol–water partition coefficient (Wildman–Crippen LogP) is 6.06. The van der Waals surface area contributed by atoms with Gasteiger partial charge in [-0.05, 0) is 37.1 Å². The van der Waals surface area contributed by atoms with E-state index in [4.69, 9.17) is 4.84 Å². The minimum atomic E-state index is -4.69. The van der Waals surface area contributed by atoms with Crippen molar-refractivity contribution in [3.63, 3.8) is 0 Å². The van der Waals surface area contributed by atoms with Crippen molar-refractivity contribution >= 4 is 34.0 Å². The zero-order valence-corrected chi connectivity index (χ0v) is 21.7. The van der Waals surface area contributed by atoms with Crippen molar-refractivity contribution in [3.05, 3.63) is 81.6 Å². The Morgan fingerprint density at radius 2 is 1.75 bits per heavy atom. The molecule has 4 aromatic rings. The number of alkyl halides is 3. The number of fused-ring (bicyclic) bond motifs is 1. The number of carbonyl (C=O) groups is 1. The summed E-state index contributed by atoms with van der Waals surface area (Å²) in [6.45, 7) is 0.307. The molecule has 2 aliphatic heterocycles. The molecule has 40 heavy (non-hydrogen) atoms. The molecule has 1 amide bonds. The highest BCUT2D eigenvalue weighted by Gasteiger charge is 2.38. The van der Waals surface area contributed by atoms with Crippen LogP contribution in [0.3, 0.4) is 0 Å². The third kappa shape index (κ3) is 4.93. The van der Waals surface area contributed by atoms with Crippen molar-refractivity contribution in [2.75, 3.05) is 13.1 Å². The zero-order chi connectivity index (χ0) is 28.0. The second-order valence-corrected chi connectivity index (χ2v) is 10.6. The Bertz CT molecular complexity index is 1590. The number of thiazole rings is 1. The minimum Gasteiger partial charge on any atom is -0.387 e. The van der Waals surface area contributed by atoms with Crippen molar-refractivity contribution in [2.45, 2.75) is 44.0 Å². The largest absolute Gasteiger partial charge is 0.449 e. The number of imidazole rings is 1. The number of piperidine rings is 1. The third-order valence-corrected chi connectivity index (χ3v) is 8.21. The molecular formula is C27H22F5N5O2S. The summed E-state index contributed by atoms with van der Waals surface area (Å²) in [4.78, 5) is 28.3. The van der Waals surface area contributed by atoms with Gasteiger partial charge in [-0.25, -0.2) is 18.7 Å². The molecule has 1 unspecified atom stereocenters. The van der Waals surface area contributed by atoms with E-state index in [0.717, 1.165) is 9.57 Å². The van der Waals surface area contributed by atoms with Crippen LogP contribution in [0.15, 0.2) is 53.0 Å². The topological polar surface area (TPSA) is 72.6 Å². The maximum Gasteiger partial charge on any atom is 0.449 e. The first-order valence-electron chi connectivity index (χ1n) is 12.6. The SMILES string of the molecule is O=C(Cn1c(C(F)(F)F)nc2ccccc21)N1CCC(c2nc(C3=NOC(c4c(F)cccc4F)C3)cs2)CC1. The van der Waals surface area contributed by atoms with E-state index in [1.807, 2.05) is 5.38 Å². The molecule has 1 saturated heterocycles. The Morgan fingerprint density at radius 3 is 2.48 bits per heavy atom. The van der Waals surface area contributed by atoms with E-state index in [9.17, 15) is 26.7 Å². The Kier molecular flexibility index (Phi) is 6.77. The van der Waals surface area contributed by atoms with Gasteiger partial charge in [-0.2, -0.15) is 13.2 Å². The van der Waals surface area contributed by atoms with Gasteiger partial charge in [-0.15, -0.1) is 11.3 Å². The van der Waals surface area contributed by atoms with E-state index >= 15 is 0 Å². The lowest BCUT2D eigenvalue weighted by Gasteiger charge is -2.31. The van der Waals surface area contributed by atoms with Gasteiger partial charge in [0.15, 0.2) is 6.10 Å². The maximum atomic E-state index is 14.1. The highest BCUT2D eigenvalue weighted by Crippen LogP contribution is 2.36. The number of hydrogen-bond donors (Lipinski definition) is 0. The lowest BCUT2D eigenvalue weighted by atomic mass is 9.97. The van der Waals surface area contributed by atoms with E-state index in [1.165, 1.54) is 41.7 Å². The number of oxime groups is 1. The van der Waals surface area contributed by atoms with Crippen LogP contribution >= 0.6 is 11.3 Å². The van der Waals surface area contributed by atoms with Crippen LogP contribution in [0.1, 0.15) is 53.4 Å². The fourth-order valence-electron chi connectivity index (χ4n) is 5.17. The van der Waals surface area contributed by atoms with E-state index < -0.39 is 42.2 Å². The number of likely N-dealkylation sites (tertiary alicyclic amines) is 1. The van der Waals surface area contributed by atoms with Crippen LogP contribution in [0.5, 0.6) is 0 Å². The molecule has 0 saturated carbocycles. The number of para-hydroxylation sites is 2. The van der Waals surface area contributed by atoms with Gasteiger partial charge in [-0.1, -0.05) is 23.4 Å². The number of aromatic nitrogens is 3. The molecule has 0 N–H and O–H groups in total. The van der Waals surface area contributed by atoms with Crippen molar-refractivity contribution < 1.29 is 31.6 Å². The summed E-state index contributed by atoms with van der Waals surface area (Å²) in [6.07, 6.45) is -4.19. The van der Waals surface area contributed by atoms with Crippen LogP contribution in [0.2, 0.25) is 0 Å². The number of nitrogens with zero attached hydrogens (tertiary/aromatic N) is 5. The van der Waals surface area contributed by atoms with E-state index in [1.54, 1.807) is 17.0 Å². The van der Waals surface area contributed by atoms with Gasteiger partial charge in [0.25, 0.3) is 0 Å². The van der Waals surface area contributed by atoms with Crippen molar-refractivity contribution in [1.82, 2.24) is 19.4 Å². The molecule has 7 nitrogen and oxygen atoms in total. The summed E-state index contributed by atoms with van der Waals surface area (Å²) >= 11 is 1.43. The normalized spacial score (nSPS) is 18.3. The second kappa shape index (κ2) is 10.3. The molecule has 6 rings (SSSR count). The van der Waals surface area contributed by atoms with E-state index in [2.05, 4.69) is 15.1 Å².